The van der Waals surface area contributed by atoms with Crippen molar-refractivity contribution in [3.05, 3.63) is 35.4 Å². The summed E-state index contributed by atoms with van der Waals surface area (Å²) >= 11 is 0. The first-order chi connectivity index (χ1) is 9.13. The van der Waals surface area contributed by atoms with E-state index in [9.17, 15) is 0 Å². The van der Waals surface area contributed by atoms with Gasteiger partial charge < -0.3 is 4.90 Å². The summed E-state index contributed by atoms with van der Waals surface area (Å²) in [5.41, 5.74) is 6.34. The molecule has 1 aromatic carbocycles. The molecule has 106 valence electrons. The molecule has 1 fully saturated rings. The minimum absolute atomic E-state index is 0.731. The molecule has 1 heterocycles. The van der Waals surface area contributed by atoms with Crippen molar-refractivity contribution in [3.63, 3.8) is 0 Å². The van der Waals surface area contributed by atoms with Crippen LogP contribution in [0.25, 0.3) is 0 Å². The van der Waals surface area contributed by atoms with E-state index in [0.29, 0.717) is 0 Å². The van der Waals surface area contributed by atoms with E-state index in [1.165, 1.54) is 17.5 Å². The van der Waals surface area contributed by atoms with Crippen LogP contribution in [0, 0.1) is 5.92 Å². The van der Waals surface area contributed by atoms with E-state index in [-0.39, 0.29) is 0 Å². The van der Waals surface area contributed by atoms with E-state index in [1.807, 2.05) is 0 Å². The maximum atomic E-state index is 3.53. The van der Waals surface area contributed by atoms with Gasteiger partial charge in [0.25, 0.3) is 0 Å². The first-order valence-electron chi connectivity index (χ1n) is 7.38. The molecule has 0 unspecified atom stereocenters. The lowest BCUT2D eigenvalue weighted by Crippen LogP contribution is -2.50. The first-order valence-corrected chi connectivity index (χ1v) is 7.38. The van der Waals surface area contributed by atoms with Crippen molar-refractivity contribution in [3.8, 4) is 0 Å². The third-order valence-corrected chi connectivity index (χ3v) is 3.68. The fourth-order valence-electron chi connectivity index (χ4n) is 2.43. The van der Waals surface area contributed by atoms with Crippen LogP contribution in [0.3, 0.4) is 0 Å². The van der Waals surface area contributed by atoms with E-state index in [4.69, 9.17) is 0 Å². The van der Waals surface area contributed by atoms with Crippen LogP contribution in [-0.4, -0.2) is 43.1 Å². The number of piperazine rings is 1. The lowest BCUT2D eigenvalue weighted by Gasteiger charge is -2.32. The minimum atomic E-state index is 0.731. The smallest absolute Gasteiger partial charge is 0.0353 e. The van der Waals surface area contributed by atoms with Crippen LogP contribution in [0.15, 0.2) is 24.3 Å². The van der Waals surface area contributed by atoms with Crippen molar-refractivity contribution in [2.45, 2.75) is 26.8 Å². The van der Waals surface area contributed by atoms with Gasteiger partial charge in [0.1, 0.15) is 0 Å². The SMILES string of the molecule is CC(C)Cc1ccc(CNN2CCN(C)CC2)cc1. The average molecular weight is 261 g/mol. The molecular weight excluding hydrogens is 234 g/mol. The summed E-state index contributed by atoms with van der Waals surface area (Å²) in [7, 11) is 2.19. The van der Waals surface area contributed by atoms with Gasteiger partial charge in [-0.25, -0.2) is 5.01 Å². The van der Waals surface area contributed by atoms with Gasteiger partial charge in [0, 0.05) is 32.7 Å². The molecule has 0 bridgehead atoms. The second-order valence-electron chi connectivity index (χ2n) is 6.04. The number of hydrazine groups is 1. The van der Waals surface area contributed by atoms with Crippen LogP contribution >= 0.6 is 0 Å². The predicted octanol–water partition coefficient (Wildman–Crippen LogP) is 2.14. The van der Waals surface area contributed by atoms with Crippen LogP contribution in [0.4, 0.5) is 0 Å². The Morgan fingerprint density at radius 3 is 2.16 bits per heavy atom. The Morgan fingerprint density at radius 2 is 1.58 bits per heavy atom. The molecular formula is C16H27N3. The van der Waals surface area contributed by atoms with E-state index >= 15 is 0 Å². The molecule has 0 radical (unpaired) electrons. The molecule has 2 rings (SSSR count). The molecule has 1 aromatic rings. The van der Waals surface area contributed by atoms with E-state index < -0.39 is 0 Å². The number of benzene rings is 1. The number of likely N-dealkylation sites (N-methyl/N-ethyl adjacent to an activating group) is 1. The van der Waals surface area contributed by atoms with Gasteiger partial charge in [0.2, 0.25) is 0 Å². The largest absolute Gasteiger partial charge is 0.304 e. The first kappa shape index (κ1) is 14.5. The maximum Gasteiger partial charge on any atom is 0.0353 e. The highest BCUT2D eigenvalue weighted by molar-refractivity contribution is 5.22. The van der Waals surface area contributed by atoms with Gasteiger partial charge in [-0.05, 0) is 30.5 Å². The van der Waals surface area contributed by atoms with E-state index in [1.54, 1.807) is 0 Å². The molecule has 1 N–H and O–H groups in total. The number of rotatable bonds is 5. The standard InChI is InChI=1S/C16H27N3/c1-14(2)12-15-4-6-16(7-5-15)13-17-19-10-8-18(3)9-11-19/h4-7,14,17H,8-13H2,1-3H3. The quantitative estimate of drug-likeness (QED) is 0.876. The summed E-state index contributed by atoms with van der Waals surface area (Å²) in [6.45, 7) is 10.0. The summed E-state index contributed by atoms with van der Waals surface area (Å²) in [5.74, 6) is 0.731. The molecule has 0 atom stereocenters. The van der Waals surface area contributed by atoms with Crippen molar-refractivity contribution >= 4 is 0 Å². The Labute approximate surface area is 117 Å². The summed E-state index contributed by atoms with van der Waals surface area (Å²) in [6.07, 6.45) is 1.17. The molecule has 0 aromatic heterocycles. The summed E-state index contributed by atoms with van der Waals surface area (Å²) < 4.78 is 0. The van der Waals surface area contributed by atoms with Crippen molar-refractivity contribution in [1.29, 1.82) is 0 Å². The zero-order valence-corrected chi connectivity index (χ0v) is 12.5. The molecule has 0 amide bonds. The second kappa shape index (κ2) is 7.04. The molecule has 0 spiro atoms. The fraction of sp³-hybridized carbons (Fsp3) is 0.625. The Balaban J connectivity index is 1.76. The minimum Gasteiger partial charge on any atom is -0.304 e. The third-order valence-electron chi connectivity index (χ3n) is 3.68. The highest BCUT2D eigenvalue weighted by Crippen LogP contribution is 2.10. The number of nitrogens with zero attached hydrogens (tertiary/aromatic N) is 2. The lowest BCUT2D eigenvalue weighted by atomic mass is 10.0. The van der Waals surface area contributed by atoms with E-state index in [0.717, 1.165) is 38.6 Å². The van der Waals surface area contributed by atoms with Crippen molar-refractivity contribution in [2.75, 3.05) is 33.2 Å². The van der Waals surface area contributed by atoms with Crippen LogP contribution in [0.1, 0.15) is 25.0 Å². The molecule has 0 saturated carbocycles. The van der Waals surface area contributed by atoms with Crippen LogP contribution in [0.5, 0.6) is 0 Å². The molecule has 3 nitrogen and oxygen atoms in total. The zero-order valence-electron chi connectivity index (χ0n) is 12.5. The average Bonchev–Trinajstić information content (AvgIpc) is 2.39. The predicted molar refractivity (Wildman–Crippen MR) is 80.9 cm³/mol. The van der Waals surface area contributed by atoms with Crippen LogP contribution < -0.4 is 5.43 Å². The van der Waals surface area contributed by atoms with Gasteiger partial charge in [-0.3, -0.25) is 5.43 Å². The molecule has 1 saturated heterocycles. The maximum absolute atomic E-state index is 3.53. The Kier molecular flexibility index (Phi) is 5.37. The van der Waals surface area contributed by atoms with Crippen LogP contribution in [0.2, 0.25) is 0 Å². The second-order valence-corrected chi connectivity index (χ2v) is 6.04. The van der Waals surface area contributed by atoms with Gasteiger partial charge in [-0.1, -0.05) is 38.1 Å². The molecule has 19 heavy (non-hydrogen) atoms. The van der Waals surface area contributed by atoms with Crippen molar-refractivity contribution in [1.82, 2.24) is 15.3 Å². The highest BCUT2D eigenvalue weighted by atomic mass is 15.5. The lowest BCUT2D eigenvalue weighted by molar-refractivity contribution is 0.102. The molecule has 3 heteroatoms. The Hall–Kier alpha value is -0.900. The zero-order chi connectivity index (χ0) is 13.7. The van der Waals surface area contributed by atoms with Gasteiger partial charge in [0.15, 0.2) is 0 Å². The number of nitrogens with one attached hydrogen (secondary N) is 1. The Morgan fingerprint density at radius 1 is 1.00 bits per heavy atom. The molecule has 1 aliphatic rings. The summed E-state index contributed by atoms with van der Waals surface area (Å²) in [4.78, 5) is 2.37. The van der Waals surface area contributed by atoms with Gasteiger partial charge in [0.05, 0.1) is 0 Å². The normalized spacial score (nSPS) is 18.1. The van der Waals surface area contributed by atoms with Gasteiger partial charge in [-0.2, -0.15) is 0 Å². The molecule has 1 aliphatic heterocycles. The fourth-order valence-corrected chi connectivity index (χ4v) is 2.43. The van der Waals surface area contributed by atoms with Crippen molar-refractivity contribution in [2.24, 2.45) is 5.92 Å². The van der Waals surface area contributed by atoms with Crippen LogP contribution in [-0.2, 0) is 13.0 Å². The number of hydrogen-bond donors (Lipinski definition) is 1. The summed E-state index contributed by atoms with van der Waals surface area (Å²) in [6, 6.07) is 9.03. The van der Waals surface area contributed by atoms with Gasteiger partial charge >= 0.3 is 0 Å². The van der Waals surface area contributed by atoms with E-state index in [2.05, 4.69) is 60.5 Å². The molecule has 0 aliphatic carbocycles. The third kappa shape index (κ3) is 4.94. The topological polar surface area (TPSA) is 18.5 Å². The monoisotopic (exact) mass is 261 g/mol. The Bertz CT molecular complexity index is 364. The van der Waals surface area contributed by atoms with Crippen molar-refractivity contribution < 1.29 is 0 Å². The summed E-state index contributed by atoms with van der Waals surface area (Å²) in [5, 5.41) is 2.34. The highest BCUT2D eigenvalue weighted by Gasteiger charge is 2.12. The van der Waals surface area contributed by atoms with Gasteiger partial charge in [-0.15, -0.1) is 0 Å². The number of hydrogen-bond acceptors (Lipinski definition) is 3.